The fourth-order valence-electron chi connectivity index (χ4n) is 2.59. The number of halogens is 1. The molecule has 0 aliphatic carbocycles. The molecule has 0 aromatic heterocycles. The highest BCUT2D eigenvalue weighted by atomic mass is 19.1. The Bertz CT molecular complexity index is 461. The largest absolute Gasteiger partial charge is 0.387 e. The van der Waals surface area contributed by atoms with Gasteiger partial charge in [-0.1, -0.05) is 18.2 Å². The van der Waals surface area contributed by atoms with Gasteiger partial charge in [0, 0.05) is 38.2 Å². The number of carbonyl (C=O) groups is 1. The summed E-state index contributed by atoms with van der Waals surface area (Å²) < 4.78 is 13.5. The minimum Gasteiger partial charge on any atom is -0.387 e. The van der Waals surface area contributed by atoms with E-state index in [1.165, 1.54) is 12.5 Å². The number of piperidine rings is 1. The van der Waals surface area contributed by atoms with Crippen LogP contribution in [0.5, 0.6) is 0 Å². The summed E-state index contributed by atoms with van der Waals surface area (Å²) in [6.45, 7) is 2.46. The van der Waals surface area contributed by atoms with Crippen molar-refractivity contribution in [1.29, 1.82) is 0 Å². The summed E-state index contributed by atoms with van der Waals surface area (Å²) >= 11 is 0. The molecule has 5 heteroatoms. The van der Waals surface area contributed by atoms with Crippen molar-refractivity contribution < 1.29 is 14.3 Å². The number of likely N-dealkylation sites (tertiary alicyclic amines) is 1. The molecule has 1 fully saturated rings. The summed E-state index contributed by atoms with van der Waals surface area (Å²) in [4.78, 5) is 13.8. The zero-order chi connectivity index (χ0) is 15.1. The summed E-state index contributed by atoms with van der Waals surface area (Å²) in [5.41, 5.74) is 0.285. The zero-order valence-electron chi connectivity index (χ0n) is 12.2. The highest BCUT2D eigenvalue weighted by Crippen LogP contribution is 2.15. The number of aliphatic hydroxyl groups is 1. The molecule has 1 aliphatic heterocycles. The number of nitrogens with zero attached hydrogens (tertiary/aromatic N) is 1. The number of aliphatic hydroxyl groups excluding tert-OH is 1. The van der Waals surface area contributed by atoms with E-state index in [1.54, 1.807) is 18.2 Å². The van der Waals surface area contributed by atoms with Gasteiger partial charge in [-0.05, 0) is 25.3 Å². The zero-order valence-corrected chi connectivity index (χ0v) is 12.2. The second-order valence-electron chi connectivity index (χ2n) is 5.43. The van der Waals surface area contributed by atoms with Gasteiger partial charge in [0.2, 0.25) is 5.91 Å². The molecule has 0 radical (unpaired) electrons. The summed E-state index contributed by atoms with van der Waals surface area (Å²) in [6, 6.07) is 6.19. The standard InChI is InChI=1S/C16H23FN2O2/c17-14-7-3-2-6-13(14)15(20)12-18-9-8-16(21)19-10-4-1-5-11-19/h2-3,6-7,15,18,20H,1,4-5,8-12H2. The third-order valence-corrected chi connectivity index (χ3v) is 3.83. The van der Waals surface area contributed by atoms with Crippen molar-refractivity contribution in [3.8, 4) is 0 Å². The van der Waals surface area contributed by atoms with Gasteiger partial charge in [0.05, 0.1) is 6.10 Å². The molecule has 0 saturated carbocycles. The maximum Gasteiger partial charge on any atom is 0.223 e. The molecule has 1 atom stereocenters. The van der Waals surface area contributed by atoms with Gasteiger partial charge in [-0.2, -0.15) is 0 Å². The number of hydrogen-bond acceptors (Lipinski definition) is 3. The number of nitrogens with one attached hydrogen (secondary N) is 1. The van der Waals surface area contributed by atoms with Crippen LogP contribution in [0.4, 0.5) is 4.39 Å². The van der Waals surface area contributed by atoms with Gasteiger partial charge in [0.1, 0.15) is 5.82 Å². The number of rotatable bonds is 6. The normalized spacial score (nSPS) is 16.8. The quantitative estimate of drug-likeness (QED) is 0.787. The smallest absolute Gasteiger partial charge is 0.223 e. The van der Waals surface area contributed by atoms with E-state index in [-0.39, 0.29) is 18.0 Å². The predicted octanol–water partition coefficient (Wildman–Crippen LogP) is 1.85. The molecule has 1 aromatic rings. The number of amides is 1. The minimum atomic E-state index is -0.892. The molecular formula is C16H23FN2O2. The second-order valence-corrected chi connectivity index (χ2v) is 5.43. The van der Waals surface area contributed by atoms with Gasteiger partial charge < -0.3 is 15.3 Å². The average molecular weight is 294 g/mol. The fourth-order valence-corrected chi connectivity index (χ4v) is 2.59. The Balaban J connectivity index is 1.67. The van der Waals surface area contributed by atoms with Crippen molar-refractivity contribution in [3.05, 3.63) is 35.6 Å². The Labute approximate surface area is 125 Å². The van der Waals surface area contributed by atoms with Gasteiger partial charge in [-0.25, -0.2) is 4.39 Å². The van der Waals surface area contributed by atoms with Crippen LogP contribution in [0.3, 0.4) is 0 Å². The first-order valence-electron chi connectivity index (χ1n) is 7.59. The van der Waals surface area contributed by atoms with Gasteiger partial charge in [-0.15, -0.1) is 0 Å². The maximum absolute atomic E-state index is 13.5. The van der Waals surface area contributed by atoms with Crippen LogP contribution in [0.1, 0.15) is 37.4 Å². The minimum absolute atomic E-state index is 0.155. The first-order valence-corrected chi connectivity index (χ1v) is 7.59. The first kappa shape index (κ1) is 15.9. The maximum atomic E-state index is 13.5. The van der Waals surface area contributed by atoms with Crippen LogP contribution in [-0.2, 0) is 4.79 Å². The van der Waals surface area contributed by atoms with E-state index in [9.17, 15) is 14.3 Å². The molecule has 1 aromatic carbocycles. The molecule has 1 amide bonds. The Morgan fingerprint density at radius 3 is 2.71 bits per heavy atom. The van der Waals surface area contributed by atoms with Gasteiger partial charge in [0.25, 0.3) is 0 Å². The van der Waals surface area contributed by atoms with E-state index in [0.717, 1.165) is 25.9 Å². The van der Waals surface area contributed by atoms with Crippen molar-refractivity contribution in [3.63, 3.8) is 0 Å². The summed E-state index contributed by atoms with van der Waals surface area (Å²) in [7, 11) is 0. The molecule has 0 spiro atoms. The van der Waals surface area contributed by atoms with Crippen LogP contribution < -0.4 is 5.32 Å². The molecule has 1 heterocycles. The van der Waals surface area contributed by atoms with E-state index in [1.807, 2.05) is 4.90 Å². The van der Waals surface area contributed by atoms with Gasteiger partial charge in [-0.3, -0.25) is 4.79 Å². The van der Waals surface area contributed by atoms with Crippen molar-refractivity contribution in [2.75, 3.05) is 26.2 Å². The third kappa shape index (κ3) is 4.79. The lowest BCUT2D eigenvalue weighted by molar-refractivity contribution is -0.132. The lowest BCUT2D eigenvalue weighted by Crippen LogP contribution is -2.37. The SMILES string of the molecule is O=C(CCNCC(O)c1ccccc1F)N1CCCCC1. The topological polar surface area (TPSA) is 52.6 Å². The lowest BCUT2D eigenvalue weighted by atomic mass is 10.1. The lowest BCUT2D eigenvalue weighted by Gasteiger charge is -2.26. The van der Waals surface area contributed by atoms with E-state index in [0.29, 0.717) is 13.0 Å². The molecule has 21 heavy (non-hydrogen) atoms. The molecule has 2 N–H and O–H groups in total. The van der Waals surface area contributed by atoms with Crippen molar-refractivity contribution in [1.82, 2.24) is 10.2 Å². The van der Waals surface area contributed by atoms with E-state index in [4.69, 9.17) is 0 Å². The van der Waals surface area contributed by atoms with Gasteiger partial charge in [0.15, 0.2) is 0 Å². The van der Waals surface area contributed by atoms with E-state index < -0.39 is 11.9 Å². The molecule has 2 rings (SSSR count). The second kappa shape index (κ2) is 8.10. The Morgan fingerprint density at radius 2 is 2.00 bits per heavy atom. The Hall–Kier alpha value is -1.46. The molecule has 1 saturated heterocycles. The Morgan fingerprint density at radius 1 is 1.29 bits per heavy atom. The van der Waals surface area contributed by atoms with E-state index in [2.05, 4.69) is 5.32 Å². The summed E-state index contributed by atoms with van der Waals surface area (Å²) in [5.74, 6) is -0.251. The fraction of sp³-hybridized carbons (Fsp3) is 0.562. The van der Waals surface area contributed by atoms with Crippen LogP contribution >= 0.6 is 0 Å². The van der Waals surface area contributed by atoms with Crippen LogP contribution in [0.25, 0.3) is 0 Å². The van der Waals surface area contributed by atoms with Crippen molar-refractivity contribution >= 4 is 5.91 Å². The van der Waals surface area contributed by atoms with Crippen molar-refractivity contribution in [2.45, 2.75) is 31.8 Å². The van der Waals surface area contributed by atoms with Crippen LogP contribution in [0.2, 0.25) is 0 Å². The predicted molar refractivity (Wildman–Crippen MR) is 79.3 cm³/mol. The third-order valence-electron chi connectivity index (χ3n) is 3.83. The van der Waals surface area contributed by atoms with Crippen LogP contribution in [0.15, 0.2) is 24.3 Å². The highest BCUT2D eigenvalue weighted by Gasteiger charge is 2.16. The molecular weight excluding hydrogens is 271 g/mol. The molecule has 116 valence electrons. The number of carbonyl (C=O) groups excluding carboxylic acids is 1. The van der Waals surface area contributed by atoms with Crippen LogP contribution in [-0.4, -0.2) is 42.1 Å². The average Bonchev–Trinajstić information content (AvgIpc) is 2.52. The van der Waals surface area contributed by atoms with Crippen molar-refractivity contribution in [2.24, 2.45) is 0 Å². The summed E-state index contributed by atoms with van der Waals surface area (Å²) in [6.07, 6.45) is 2.91. The molecule has 0 bridgehead atoms. The molecule has 1 aliphatic rings. The highest BCUT2D eigenvalue weighted by molar-refractivity contribution is 5.76. The molecule has 4 nitrogen and oxygen atoms in total. The number of benzene rings is 1. The van der Waals surface area contributed by atoms with Gasteiger partial charge >= 0.3 is 0 Å². The first-order chi connectivity index (χ1) is 10.2. The van der Waals surface area contributed by atoms with E-state index >= 15 is 0 Å². The van der Waals surface area contributed by atoms with Crippen LogP contribution in [0, 0.1) is 5.82 Å². The Kier molecular flexibility index (Phi) is 6.14. The summed E-state index contributed by atoms with van der Waals surface area (Å²) in [5, 5.41) is 12.9. The monoisotopic (exact) mass is 294 g/mol. The molecule has 1 unspecified atom stereocenters. The number of hydrogen-bond donors (Lipinski definition) is 2.